The first-order valence-corrected chi connectivity index (χ1v) is 6.32. The number of hydrogen-bond donors (Lipinski definition) is 1. The van der Waals surface area contributed by atoms with Gasteiger partial charge in [0.25, 0.3) is 0 Å². The average molecular weight is 248 g/mol. The van der Waals surface area contributed by atoms with Gasteiger partial charge in [0.15, 0.2) is 0 Å². The fraction of sp³-hybridized carbons (Fsp3) is 0.500. The zero-order valence-electron chi connectivity index (χ0n) is 10.9. The summed E-state index contributed by atoms with van der Waals surface area (Å²) in [6.07, 6.45) is 0.954. The van der Waals surface area contributed by atoms with Crippen LogP contribution >= 0.6 is 0 Å². The van der Waals surface area contributed by atoms with Crippen LogP contribution in [-0.4, -0.2) is 44.2 Å². The van der Waals surface area contributed by atoms with Gasteiger partial charge in [-0.1, -0.05) is 30.3 Å². The van der Waals surface area contributed by atoms with Crippen LogP contribution in [0.4, 0.5) is 0 Å². The summed E-state index contributed by atoms with van der Waals surface area (Å²) in [5.74, 6) is -0.191. The van der Waals surface area contributed by atoms with E-state index in [9.17, 15) is 4.79 Å². The van der Waals surface area contributed by atoms with Crippen molar-refractivity contribution in [1.29, 1.82) is 0 Å². The fourth-order valence-corrected chi connectivity index (χ4v) is 2.29. The molecular weight excluding hydrogens is 228 g/mol. The topological polar surface area (TPSA) is 41.6 Å². The Hall–Kier alpha value is -1.39. The minimum atomic E-state index is -0.378. The number of hydrogen-bond acceptors (Lipinski definition) is 4. The molecule has 0 bridgehead atoms. The lowest BCUT2D eigenvalue weighted by Gasteiger charge is -2.19. The third kappa shape index (κ3) is 3.09. The maximum atomic E-state index is 12.1. The summed E-state index contributed by atoms with van der Waals surface area (Å²) < 4.78 is 5.55. The fourth-order valence-electron chi connectivity index (χ4n) is 2.29. The molecule has 0 aromatic heterocycles. The molecule has 1 unspecified atom stereocenters. The number of likely N-dealkylation sites (N-methyl/N-ethyl adjacent to an activating group) is 2. The summed E-state index contributed by atoms with van der Waals surface area (Å²) in [6, 6.07) is 9.28. The molecule has 1 aliphatic rings. The van der Waals surface area contributed by atoms with E-state index in [0.29, 0.717) is 0 Å². The Balaban J connectivity index is 1.98. The Morgan fingerprint density at radius 3 is 2.72 bits per heavy atom. The highest BCUT2D eigenvalue weighted by atomic mass is 16.5. The van der Waals surface area contributed by atoms with Gasteiger partial charge in [-0.25, -0.2) is 4.79 Å². The zero-order valence-corrected chi connectivity index (χ0v) is 10.9. The molecule has 0 aliphatic carbocycles. The highest BCUT2D eigenvalue weighted by Crippen LogP contribution is 2.17. The first kappa shape index (κ1) is 13.1. The van der Waals surface area contributed by atoms with Crippen LogP contribution in [0.1, 0.15) is 18.0 Å². The molecule has 0 spiro atoms. The van der Waals surface area contributed by atoms with Crippen LogP contribution in [0.15, 0.2) is 30.3 Å². The maximum Gasteiger partial charge on any atom is 0.328 e. The van der Waals surface area contributed by atoms with Crippen LogP contribution in [0.5, 0.6) is 0 Å². The van der Waals surface area contributed by atoms with Crippen LogP contribution in [-0.2, 0) is 9.53 Å². The summed E-state index contributed by atoms with van der Waals surface area (Å²) in [5.41, 5.74) is 0.941. The predicted molar refractivity (Wildman–Crippen MR) is 70.2 cm³/mol. The molecular formula is C14H20N2O2. The molecule has 1 N–H and O–H groups in total. The van der Waals surface area contributed by atoms with Gasteiger partial charge in [0, 0.05) is 13.1 Å². The van der Waals surface area contributed by atoms with Crippen molar-refractivity contribution in [3.63, 3.8) is 0 Å². The molecule has 2 rings (SSSR count). The van der Waals surface area contributed by atoms with Gasteiger partial charge in [-0.15, -0.1) is 0 Å². The van der Waals surface area contributed by atoms with Gasteiger partial charge in [0.2, 0.25) is 0 Å². The second-order valence-electron chi connectivity index (χ2n) is 4.74. The van der Waals surface area contributed by atoms with Gasteiger partial charge in [-0.2, -0.15) is 0 Å². The van der Waals surface area contributed by atoms with Gasteiger partial charge >= 0.3 is 5.97 Å². The first-order valence-electron chi connectivity index (χ1n) is 6.32. The highest BCUT2D eigenvalue weighted by Gasteiger charge is 2.27. The Kier molecular flexibility index (Phi) is 4.33. The molecule has 1 fully saturated rings. The van der Waals surface area contributed by atoms with Crippen molar-refractivity contribution in [2.75, 3.05) is 27.2 Å². The van der Waals surface area contributed by atoms with Crippen molar-refractivity contribution >= 4 is 5.97 Å². The molecule has 0 amide bonds. The van der Waals surface area contributed by atoms with Crippen LogP contribution in [0.3, 0.4) is 0 Å². The minimum Gasteiger partial charge on any atom is -0.460 e. The van der Waals surface area contributed by atoms with E-state index in [1.54, 1.807) is 7.05 Å². The Morgan fingerprint density at radius 1 is 1.44 bits per heavy atom. The van der Waals surface area contributed by atoms with Gasteiger partial charge in [0.05, 0.1) is 0 Å². The normalized spacial score (nSPS) is 21.8. The third-order valence-electron chi connectivity index (χ3n) is 3.29. The summed E-state index contributed by atoms with van der Waals surface area (Å²) in [5, 5.41) is 3.02. The van der Waals surface area contributed by atoms with Gasteiger partial charge < -0.3 is 15.0 Å². The number of nitrogens with zero attached hydrogens (tertiary/aromatic N) is 1. The maximum absolute atomic E-state index is 12.1. The molecule has 1 aromatic carbocycles. The molecule has 2 atom stereocenters. The van der Waals surface area contributed by atoms with Crippen molar-refractivity contribution < 1.29 is 9.53 Å². The Bertz CT molecular complexity index is 394. The van der Waals surface area contributed by atoms with E-state index in [2.05, 4.69) is 10.2 Å². The first-order chi connectivity index (χ1) is 8.70. The van der Waals surface area contributed by atoms with Crippen LogP contribution < -0.4 is 5.32 Å². The highest BCUT2D eigenvalue weighted by molar-refractivity contribution is 5.77. The van der Waals surface area contributed by atoms with Gasteiger partial charge in [-0.05, 0) is 26.1 Å². The van der Waals surface area contributed by atoms with Gasteiger partial charge in [-0.3, -0.25) is 0 Å². The van der Waals surface area contributed by atoms with E-state index < -0.39 is 0 Å². The lowest BCUT2D eigenvalue weighted by molar-refractivity contribution is -0.151. The van der Waals surface area contributed by atoms with Crippen molar-refractivity contribution in [3.8, 4) is 0 Å². The molecule has 1 heterocycles. The van der Waals surface area contributed by atoms with Gasteiger partial charge in [0.1, 0.15) is 12.1 Å². The molecule has 1 aromatic rings. The summed E-state index contributed by atoms with van der Waals surface area (Å²) >= 11 is 0. The summed E-state index contributed by atoms with van der Waals surface area (Å²) in [4.78, 5) is 14.3. The lowest BCUT2D eigenvalue weighted by Crippen LogP contribution is -2.31. The van der Waals surface area contributed by atoms with E-state index in [-0.39, 0.29) is 18.1 Å². The van der Waals surface area contributed by atoms with Crippen molar-refractivity contribution in [2.24, 2.45) is 0 Å². The number of esters is 1. The monoisotopic (exact) mass is 248 g/mol. The Morgan fingerprint density at radius 2 is 2.17 bits per heavy atom. The number of rotatable bonds is 4. The van der Waals surface area contributed by atoms with Crippen LogP contribution in [0.25, 0.3) is 0 Å². The number of carbonyl (C=O) groups excluding carboxylic acids is 1. The minimum absolute atomic E-state index is 0.0297. The molecule has 1 saturated heterocycles. The largest absolute Gasteiger partial charge is 0.460 e. The number of benzene rings is 1. The van der Waals surface area contributed by atoms with E-state index in [1.807, 2.05) is 37.4 Å². The predicted octanol–water partition coefficient (Wildman–Crippen LogP) is 1.19. The number of ether oxygens (including phenoxy) is 1. The van der Waals surface area contributed by atoms with Crippen molar-refractivity contribution in [3.05, 3.63) is 35.9 Å². The molecule has 4 nitrogen and oxygen atoms in total. The second-order valence-corrected chi connectivity index (χ2v) is 4.74. The standard InChI is InChI=1S/C14H20N2O2/c1-15-13(11-6-4-3-5-7-11)14(17)18-12-8-9-16(2)10-12/h3-7,12-13,15H,8-10H2,1-2H3/t12-,13?/m1/s1. The van der Waals surface area contributed by atoms with Crippen LogP contribution in [0.2, 0.25) is 0 Å². The molecule has 18 heavy (non-hydrogen) atoms. The van der Waals surface area contributed by atoms with Crippen molar-refractivity contribution in [2.45, 2.75) is 18.6 Å². The second kappa shape index (κ2) is 5.98. The average Bonchev–Trinajstić information content (AvgIpc) is 2.77. The molecule has 0 saturated carbocycles. The summed E-state index contributed by atoms with van der Waals surface area (Å²) in [6.45, 7) is 1.82. The smallest absolute Gasteiger partial charge is 0.328 e. The third-order valence-corrected chi connectivity index (χ3v) is 3.29. The SMILES string of the molecule is CNC(C(=O)O[C@@H]1CCN(C)C1)c1ccccc1. The van der Waals surface area contributed by atoms with E-state index in [1.165, 1.54) is 0 Å². The van der Waals surface area contributed by atoms with E-state index >= 15 is 0 Å². The molecule has 0 radical (unpaired) electrons. The number of likely N-dealkylation sites (tertiary alicyclic amines) is 1. The van der Waals surface area contributed by atoms with Crippen LogP contribution in [0, 0.1) is 0 Å². The van der Waals surface area contributed by atoms with E-state index in [0.717, 1.165) is 25.1 Å². The van der Waals surface area contributed by atoms with E-state index in [4.69, 9.17) is 4.74 Å². The molecule has 1 aliphatic heterocycles. The Labute approximate surface area is 108 Å². The zero-order chi connectivity index (χ0) is 13.0. The summed E-state index contributed by atoms with van der Waals surface area (Å²) in [7, 11) is 3.82. The lowest BCUT2D eigenvalue weighted by atomic mass is 10.1. The quantitative estimate of drug-likeness (QED) is 0.813. The molecule has 4 heteroatoms. The number of nitrogens with one attached hydrogen (secondary N) is 1. The number of carbonyl (C=O) groups is 1. The molecule has 98 valence electrons. The van der Waals surface area contributed by atoms with Crippen molar-refractivity contribution in [1.82, 2.24) is 10.2 Å².